The fourth-order valence-corrected chi connectivity index (χ4v) is 4.59. The number of fused-ring (bicyclic) bond motifs is 1. The molecule has 0 radical (unpaired) electrons. The lowest BCUT2D eigenvalue weighted by Crippen LogP contribution is -2.24. The first-order valence-electron chi connectivity index (χ1n) is 9.02. The molecule has 0 bridgehead atoms. The van der Waals surface area contributed by atoms with Crippen LogP contribution in [-0.2, 0) is 13.0 Å². The lowest BCUT2D eigenvalue weighted by Gasteiger charge is -2.08. The van der Waals surface area contributed by atoms with E-state index < -0.39 is 0 Å². The molecule has 0 fully saturated rings. The highest BCUT2D eigenvalue weighted by molar-refractivity contribution is 7.17. The van der Waals surface area contributed by atoms with Gasteiger partial charge in [-0.2, -0.15) is 0 Å². The Hall–Kier alpha value is -2.47. The Bertz CT molecular complexity index is 1280. The molecule has 0 spiro atoms. The summed E-state index contributed by atoms with van der Waals surface area (Å²) in [4.78, 5) is 30.9. The van der Waals surface area contributed by atoms with Crippen molar-refractivity contribution in [3.05, 3.63) is 85.7 Å². The molecule has 2 heterocycles. The van der Waals surface area contributed by atoms with Crippen molar-refractivity contribution in [2.24, 2.45) is 0 Å². The van der Waals surface area contributed by atoms with Crippen LogP contribution in [-0.4, -0.2) is 15.3 Å². The van der Waals surface area contributed by atoms with Crippen molar-refractivity contribution >= 4 is 50.5 Å². The SMILES string of the molecule is CCc1ccc(-c2csc3ncn(CC(=O)c4ccc(Cl)cc4Cl)c(=O)c23)cc1. The highest BCUT2D eigenvalue weighted by atomic mass is 35.5. The Kier molecular flexibility index (Phi) is 5.54. The van der Waals surface area contributed by atoms with Crippen LogP contribution in [0.5, 0.6) is 0 Å². The summed E-state index contributed by atoms with van der Waals surface area (Å²) < 4.78 is 1.33. The number of rotatable bonds is 5. The van der Waals surface area contributed by atoms with Crippen molar-refractivity contribution in [3.63, 3.8) is 0 Å². The van der Waals surface area contributed by atoms with Gasteiger partial charge in [-0.3, -0.25) is 14.2 Å². The molecule has 0 aliphatic rings. The maximum absolute atomic E-state index is 13.1. The predicted octanol–water partition coefficient (Wildman–Crippen LogP) is 5.88. The number of nitrogens with zero attached hydrogens (tertiary/aromatic N) is 2. The minimum absolute atomic E-state index is 0.146. The summed E-state index contributed by atoms with van der Waals surface area (Å²) in [5.74, 6) is -0.279. The van der Waals surface area contributed by atoms with Gasteiger partial charge in [-0.15, -0.1) is 11.3 Å². The monoisotopic (exact) mass is 442 g/mol. The predicted molar refractivity (Wildman–Crippen MR) is 119 cm³/mol. The third-order valence-corrected chi connectivity index (χ3v) is 6.21. The zero-order chi connectivity index (χ0) is 20.5. The van der Waals surface area contributed by atoms with Crippen LogP contribution in [0.1, 0.15) is 22.8 Å². The first-order chi connectivity index (χ1) is 14.0. The number of ketones is 1. The molecule has 0 saturated heterocycles. The largest absolute Gasteiger partial charge is 0.292 e. The molecule has 4 aromatic rings. The summed E-state index contributed by atoms with van der Waals surface area (Å²) in [7, 11) is 0. The normalized spacial score (nSPS) is 11.1. The number of Topliss-reactive ketones (excluding diaryl/α,β-unsaturated/α-hetero) is 1. The number of benzene rings is 2. The highest BCUT2D eigenvalue weighted by Crippen LogP contribution is 2.31. The molecule has 146 valence electrons. The van der Waals surface area contributed by atoms with E-state index in [9.17, 15) is 9.59 Å². The molecule has 7 heteroatoms. The zero-order valence-electron chi connectivity index (χ0n) is 15.5. The lowest BCUT2D eigenvalue weighted by atomic mass is 10.0. The van der Waals surface area contributed by atoms with E-state index in [1.54, 1.807) is 12.1 Å². The van der Waals surface area contributed by atoms with Crippen LogP contribution in [0.4, 0.5) is 0 Å². The van der Waals surface area contributed by atoms with Gasteiger partial charge in [0.05, 0.1) is 23.3 Å². The van der Waals surface area contributed by atoms with Gasteiger partial charge in [0, 0.05) is 21.5 Å². The smallest absolute Gasteiger partial charge is 0.263 e. The Morgan fingerprint density at radius 2 is 1.90 bits per heavy atom. The van der Waals surface area contributed by atoms with Gasteiger partial charge in [-0.25, -0.2) is 4.98 Å². The second-order valence-electron chi connectivity index (χ2n) is 6.60. The fourth-order valence-electron chi connectivity index (χ4n) is 3.17. The van der Waals surface area contributed by atoms with E-state index in [2.05, 4.69) is 24.0 Å². The van der Waals surface area contributed by atoms with E-state index in [0.717, 1.165) is 17.5 Å². The Morgan fingerprint density at radius 3 is 2.59 bits per heavy atom. The van der Waals surface area contributed by atoms with E-state index in [1.807, 2.05) is 17.5 Å². The number of carbonyl (C=O) groups is 1. The average molecular weight is 443 g/mol. The van der Waals surface area contributed by atoms with Gasteiger partial charge in [-0.1, -0.05) is 54.4 Å². The first kappa shape index (κ1) is 19.8. The van der Waals surface area contributed by atoms with Crippen LogP contribution in [0.3, 0.4) is 0 Å². The molecule has 4 nitrogen and oxygen atoms in total. The fraction of sp³-hybridized carbons (Fsp3) is 0.136. The maximum atomic E-state index is 13.1. The minimum atomic E-state index is -0.279. The molecule has 0 atom stereocenters. The zero-order valence-corrected chi connectivity index (χ0v) is 17.8. The van der Waals surface area contributed by atoms with Crippen LogP contribution in [0.2, 0.25) is 10.0 Å². The van der Waals surface area contributed by atoms with Crippen LogP contribution in [0.25, 0.3) is 21.3 Å². The summed E-state index contributed by atoms with van der Waals surface area (Å²) >= 11 is 13.4. The Labute approximate surface area is 181 Å². The van der Waals surface area contributed by atoms with E-state index in [4.69, 9.17) is 23.2 Å². The highest BCUT2D eigenvalue weighted by Gasteiger charge is 2.17. The summed E-state index contributed by atoms with van der Waals surface area (Å²) in [5.41, 5.74) is 3.09. The first-order valence-corrected chi connectivity index (χ1v) is 10.7. The molecule has 0 unspecified atom stereocenters. The molecule has 4 rings (SSSR count). The molecular formula is C22H16Cl2N2O2S. The van der Waals surface area contributed by atoms with Gasteiger partial charge in [0.25, 0.3) is 5.56 Å². The minimum Gasteiger partial charge on any atom is -0.292 e. The number of aromatic nitrogens is 2. The average Bonchev–Trinajstić information content (AvgIpc) is 3.15. The summed E-state index contributed by atoms with van der Waals surface area (Å²) in [6.45, 7) is 1.95. The topological polar surface area (TPSA) is 52.0 Å². The van der Waals surface area contributed by atoms with Crippen LogP contribution in [0.15, 0.2) is 59.0 Å². The number of halogens is 2. The van der Waals surface area contributed by atoms with Crippen molar-refractivity contribution in [2.75, 3.05) is 0 Å². The molecular weight excluding hydrogens is 427 g/mol. The van der Waals surface area contributed by atoms with Gasteiger partial charge in [0.2, 0.25) is 0 Å². The number of hydrogen-bond acceptors (Lipinski definition) is 4. The number of carbonyl (C=O) groups excluding carboxylic acids is 1. The van der Waals surface area contributed by atoms with Crippen molar-refractivity contribution in [2.45, 2.75) is 19.9 Å². The van der Waals surface area contributed by atoms with E-state index in [0.29, 0.717) is 20.8 Å². The third-order valence-electron chi connectivity index (χ3n) is 4.78. The van der Waals surface area contributed by atoms with E-state index in [-0.39, 0.29) is 22.9 Å². The van der Waals surface area contributed by atoms with Crippen LogP contribution >= 0.6 is 34.5 Å². The van der Waals surface area contributed by atoms with Crippen molar-refractivity contribution < 1.29 is 4.79 Å². The quantitative estimate of drug-likeness (QED) is 0.362. The second-order valence-corrected chi connectivity index (χ2v) is 8.31. The molecule has 29 heavy (non-hydrogen) atoms. The second kappa shape index (κ2) is 8.11. The summed E-state index contributed by atoms with van der Waals surface area (Å²) in [5, 5.41) is 3.17. The summed E-state index contributed by atoms with van der Waals surface area (Å²) in [6.07, 6.45) is 2.36. The standard InChI is InChI=1S/C22H16Cl2N2O2S/c1-2-13-3-5-14(6-4-13)17-11-29-21-20(17)22(28)26(12-25-21)10-19(27)16-8-7-15(23)9-18(16)24/h3-9,11-12H,2,10H2,1H3. The van der Waals surface area contributed by atoms with E-state index >= 15 is 0 Å². The molecule has 0 saturated carbocycles. The van der Waals surface area contributed by atoms with Gasteiger partial charge in [-0.05, 0) is 35.7 Å². The van der Waals surface area contributed by atoms with Crippen molar-refractivity contribution in [1.82, 2.24) is 9.55 Å². The molecule has 0 amide bonds. The maximum Gasteiger partial charge on any atom is 0.263 e. The molecule has 0 aliphatic carbocycles. The molecule has 2 aromatic carbocycles. The number of thiophene rings is 1. The summed E-state index contributed by atoms with van der Waals surface area (Å²) in [6, 6.07) is 12.8. The lowest BCUT2D eigenvalue weighted by molar-refractivity contribution is 0.0971. The molecule has 0 aliphatic heterocycles. The van der Waals surface area contributed by atoms with Crippen molar-refractivity contribution in [1.29, 1.82) is 0 Å². The van der Waals surface area contributed by atoms with Crippen LogP contribution < -0.4 is 5.56 Å². The van der Waals surface area contributed by atoms with Gasteiger partial charge >= 0.3 is 0 Å². The van der Waals surface area contributed by atoms with Gasteiger partial charge in [0.1, 0.15) is 4.83 Å². The van der Waals surface area contributed by atoms with Crippen molar-refractivity contribution in [3.8, 4) is 11.1 Å². The number of hydrogen-bond donors (Lipinski definition) is 0. The molecule has 2 aromatic heterocycles. The van der Waals surface area contributed by atoms with Crippen LogP contribution in [0, 0.1) is 0 Å². The third kappa shape index (κ3) is 3.86. The Morgan fingerprint density at radius 1 is 1.14 bits per heavy atom. The van der Waals surface area contributed by atoms with E-state index in [1.165, 1.54) is 33.9 Å². The van der Waals surface area contributed by atoms with Gasteiger partial charge in [0.15, 0.2) is 5.78 Å². The molecule has 0 N–H and O–H groups in total. The van der Waals surface area contributed by atoms with Gasteiger partial charge < -0.3 is 0 Å². The number of aryl methyl sites for hydroxylation is 1. The Balaban J connectivity index is 1.73.